The van der Waals surface area contributed by atoms with Crippen LogP contribution in [-0.4, -0.2) is 25.1 Å². The van der Waals surface area contributed by atoms with Crippen LogP contribution in [-0.2, 0) is 0 Å². The second-order valence-corrected chi connectivity index (χ2v) is 4.63. The first kappa shape index (κ1) is 13.2. The zero-order valence-electron chi connectivity index (χ0n) is 10.5. The summed E-state index contributed by atoms with van der Waals surface area (Å²) in [5.74, 6) is 0.528. The molecular formula is C13H8ClN5O2. The maximum Gasteiger partial charge on any atom is 0.269 e. The number of nitrogens with zero attached hydrogens (tertiary/aromatic N) is 5. The van der Waals surface area contributed by atoms with Crippen molar-refractivity contribution in [2.24, 2.45) is 0 Å². The predicted molar refractivity (Wildman–Crippen MR) is 76.3 cm³/mol. The lowest BCUT2D eigenvalue weighted by Gasteiger charge is -2.04. The van der Waals surface area contributed by atoms with E-state index in [1.54, 1.807) is 36.4 Å². The Morgan fingerprint density at radius 2 is 1.71 bits per heavy atom. The number of aromatic nitrogens is 4. The van der Waals surface area contributed by atoms with Gasteiger partial charge in [-0.15, -0.1) is 5.10 Å². The highest BCUT2D eigenvalue weighted by Crippen LogP contribution is 2.22. The standard InChI is InChI=1S/C13H8ClN5O2/c14-10-3-1-9(2-4-10)13-15-16-17-18(13)11-5-7-12(8-6-11)19(20)21/h1-8H. The number of non-ortho nitro benzene ring substituents is 1. The fourth-order valence-electron chi connectivity index (χ4n) is 1.86. The smallest absolute Gasteiger partial charge is 0.258 e. The molecule has 0 spiro atoms. The van der Waals surface area contributed by atoms with Gasteiger partial charge in [0.15, 0.2) is 5.82 Å². The molecule has 3 aromatic rings. The number of benzene rings is 2. The second kappa shape index (κ2) is 5.29. The highest BCUT2D eigenvalue weighted by atomic mass is 35.5. The number of hydrogen-bond donors (Lipinski definition) is 0. The van der Waals surface area contributed by atoms with Crippen LogP contribution in [0.2, 0.25) is 5.02 Å². The number of halogens is 1. The van der Waals surface area contributed by atoms with E-state index < -0.39 is 4.92 Å². The van der Waals surface area contributed by atoms with Gasteiger partial charge in [0, 0.05) is 22.7 Å². The molecule has 0 bridgehead atoms. The first-order chi connectivity index (χ1) is 10.1. The molecule has 8 heteroatoms. The molecule has 7 nitrogen and oxygen atoms in total. The molecule has 0 unspecified atom stereocenters. The minimum absolute atomic E-state index is 0.0138. The lowest BCUT2D eigenvalue weighted by molar-refractivity contribution is -0.384. The lowest BCUT2D eigenvalue weighted by atomic mass is 10.2. The van der Waals surface area contributed by atoms with Gasteiger partial charge in [0.1, 0.15) is 0 Å². The minimum Gasteiger partial charge on any atom is -0.258 e. The Bertz CT molecular complexity index is 783. The van der Waals surface area contributed by atoms with Gasteiger partial charge >= 0.3 is 0 Å². The lowest BCUT2D eigenvalue weighted by Crippen LogP contribution is -2.00. The van der Waals surface area contributed by atoms with Gasteiger partial charge < -0.3 is 0 Å². The fourth-order valence-corrected chi connectivity index (χ4v) is 1.98. The minimum atomic E-state index is -0.455. The zero-order valence-corrected chi connectivity index (χ0v) is 11.3. The number of nitro groups is 1. The van der Waals surface area contributed by atoms with Crippen molar-refractivity contribution < 1.29 is 4.92 Å². The molecule has 1 heterocycles. The second-order valence-electron chi connectivity index (χ2n) is 4.19. The molecule has 0 atom stereocenters. The molecule has 1 aromatic heterocycles. The summed E-state index contributed by atoms with van der Waals surface area (Å²) in [4.78, 5) is 10.2. The van der Waals surface area contributed by atoms with Gasteiger partial charge in [-0.25, -0.2) is 0 Å². The third-order valence-corrected chi connectivity index (χ3v) is 3.13. The first-order valence-electron chi connectivity index (χ1n) is 5.94. The van der Waals surface area contributed by atoms with E-state index in [2.05, 4.69) is 15.5 Å². The van der Waals surface area contributed by atoms with Gasteiger partial charge in [0.05, 0.1) is 10.6 Å². The summed E-state index contributed by atoms with van der Waals surface area (Å²) in [5, 5.41) is 22.8. The topological polar surface area (TPSA) is 86.7 Å². The van der Waals surface area contributed by atoms with Crippen molar-refractivity contribution in [2.45, 2.75) is 0 Å². The van der Waals surface area contributed by atoms with Crippen molar-refractivity contribution in [2.75, 3.05) is 0 Å². The number of rotatable bonds is 3. The third kappa shape index (κ3) is 2.59. The van der Waals surface area contributed by atoms with E-state index in [9.17, 15) is 10.1 Å². The summed E-state index contributed by atoms with van der Waals surface area (Å²) in [6.45, 7) is 0. The van der Waals surface area contributed by atoms with Crippen molar-refractivity contribution in [1.29, 1.82) is 0 Å². The molecule has 0 N–H and O–H groups in total. The van der Waals surface area contributed by atoms with Crippen molar-refractivity contribution >= 4 is 17.3 Å². The zero-order chi connectivity index (χ0) is 14.8. The molecule has 0 radical (unpaired) electrons. The molecule has 0 aliphatic heterocycles. The molecule has 3 rings (SSSR count). The summed E-state index contributed by atoms with van der Waals surface area (Å²) >= 11 is 5.85. The van der Waals surface area contributed by atoms with Crippen LogP contribution in [0.3, 0.4) is 0 Å². The molecule has 0 aliphatic carbocycles. The molecular weight excluding hydrogens is 294 g/mol. The molecule has 104 valence electrons. The Morgan fingerprint density at radius 1 is 1.05 bits per heavy atom. The SMILES string of the molecule is O=[N+]([O-])c1ccc(-n2nnnc2-c2ccc(Cl)cc2)cc1. The van der Waals surface area contributed by atoms with E-state index in [0.717, 1.165) is 5.56 Å². The summed E-state index contributed by atoms with van der Waals surface area (Å²) < 4.78 is 1.51. The van der Waals surface area contributed by atoms with Gasteiger partial charge in [-0.1, -0.05) is 11.6 Å². The maximum atomic E-state index is 10.7. The summed E-state index contributed by atoms with van der Waals surface area (Å²) in [5.41, 5.74) is 1.44. The summed E-state index contributed by atoms with van der Waals surface area (Å²) in [6.07, 6.45) is 0. The van der Waals surface area contributed by atoms with Gasteiger partial charge in [0.2, 0.25) is 0 Å². The number of tetrazole rings is 1. The van der Waals surface area contributed by atoms with Crippen LogP contribution in [0.1, 0.15) is 0 Å². The Hall–Kier alpha value is -2.80. The van der Waals surface area contributed by atoms with Gasteiger partial charge in [-0.05, 0) is 46.8 Å². The van der Waals surface area contributed by atoms with Crippen LogP contribution in [0.15, 0.2) is 48.5 Å². The van der Waals surface area contributed by atoms with Gasteiger partial charge in [-0.2, -0.15) is 4.68 Å². The summed E-state index contributed by atoms with van der Waals surface area (Å²) in [7, 11) is 0. The molecule has 0 aliphatic rings. The largest absolute Gasteiger partial charge is 0.269 e. The highest BCUT2D eigenvalue weighted by Gasteiger charge is 2.12. The van der Waals surface area contributed by atoms with Crippen LogP contribution < -0.4 is 0 Å². The van der Waals surface area contributed by atoms with Gasteiger partial charge in [0.25, 0.3) is 5.69 Å². The Balaban J connectivity index is 2.02. The third-order valence-electron chi connectivity index (χ3n) is 2.88. The van der Waals surface area contributed by atoms with E-state index >= 15 is 0 Å². The Kier molecular flexibility index (Phi) is 3.33. The predicted octanol–water partition coefficient (Wildman–Crippen LogP) is 2.89. The fraction of sp³-hybridized carbons (Fsp3) is 0. The molecule has 2 aromatic carbocycles. The average Bonchev–Trinajstić information content (AvgIpc) is 2.97. The van der Waals surface area contributed by atoms with Crippen LogP contribution >= 0.6 is 11.6 Å². The van der Waals surface area contributed by atoms with Crippen molar-refractivity contribution in [3.63, 3.8) is 0 Å². The first-order valence-corrected chi connectivity index (χ1v) is 6.32. The van der Waals surface area contributed by atoms with Crippen molar-refractivity contribution in [3.05, 3.63) is 63.7 Å². The van der Waals surface area contributed by atoms with Gasteiger partial charge in [-0.3, -0.25) is 10.1 Å². The molecule has 0 saturated heterocycles. The van der Waals surface area contributed by atoms with Crippen LogP contribution in [0.4, 0.5) is 5.69 Å². The van der Waals surface area contributed by atoms with Crippen LogP contribution in [0, 0.1) is 10.1 Å². The maximum absolute atomic E-state index is 10.7. The highest BCUT2D eigenvalue weighted by molar-refractivity contribution is 6.30. The van der Waals surface area contributed by atoms with E-state index in [4.69, 9.17) is 11.6 Å². The number of nitro benzene ring substituents is 1. The number of hydrogen-bond acceptors (Lipinski definition) is 5. The molecule has 0 amide bonds. The van der Waals surface area contributed by atoms with E-state index in [0.29, 0.717) is 16.5 Å². The molecule has 21 heavy (non-hydrogen) atoms. The van der Waals surface area contributed by atoms with E-state index in [-0.39, 0.29) is 5.69 Å². The Labute approximate surface area is 123 Å². The van der Waals surface area contributed by atoms with Crippen molar-refractivity contribution in [3.8, 4) is 17.1 Å². The van der Waals surface area contributed by atoms with E-state index in [1.165, 1.54) is 16.8 Å². The monoisotopic (exact) mass is 301 g/mol. The molecule has 0 fully saturated rings. The summed E-state index contributed by atoms with van der Waals surface area (Å²) in [6, 6.07) is 13.1. The van der Waals surface area contributed by atoms with Crippen LogP contribution in [0.25, 0.3) is 17.1 Å². The average molecular weight is 302 g/mol. The quantitative estimate of drug-likeness (QED) is 0.548. The van der Waals surface area contributed by atoms with Crippen molar-refractivity contribution in [1.82, 2.24) is 20.2 Å². The Morgan fingerprint density at radius 3 is 2.33 bits per heavy atom. The molecule has 0 saturated carbocycles. The van der Waals surface area contributed by atoms with Crippen LogP contribution in [0.5, 0.6) is 0 Å². The van der Waals surface area contributed by atoms with E-state index in [1.807, 2.05) is 0 Å². The normalized spacial score (nSPS) is 10.5.